The standard InChI is InChI=1S/C22H17N3/c1-2-6-19-15(5-1)9-10-16-13-17(25-22(16)19)11-12-18-14-23-20-7-3-4-8-21(20)24-18/h1-10,14H,11-13H2. The third-order valence-electron chi connectivity index (χ3n) is 4.82. The maximum absolute atomic E-state index is 4.93. The molecule has 25 heavy (non-hydrogen) atoms. The molecular formula is C22H17N3. The fourth-order valence-electron chi connectivity index (χ4n) is 3.53. The van der Waals surface area contributed by atoms with E-state index >= 15 is 0 Å². The second kappa shape index (κ2) is 5.78. The van der Waals surface area contributed by atoms with Gasteiger partial charge in [-0.2, -0.15) is 0 Å². The van der Waals surface area contributed by atoms with Gasteiger partial charge in [0.2, 0.25) is 0 Å². The Balaban J connectivity index is 1.40. The molecule has 3 aromatic carbocycles. The smallest absolute Gasteiger partial charge is 0.0890 e. The van der Waals surface area contributed by atoms with Crippen LogP contribution >= 0.6 is 0 Å². The van der Waals surface area contributed by atoms with Crippen molar-refractivity contribution in [2.45, 2.75) is 19.3 Å². The van der Waals surface area contributed by atoms with Gasteiger partial charge in [-0.05, 0) is 35.9 Å². The molecule has 1 aliphatic rings. The summed E-state index contributed by atoms with van der Waals surface area (Å²) >= 11 is 0. The molecule has 0 fully saturated rings. The molecule has 0 N–H and O–H groups in total. The van der Waals surface area contributed by atoms with Crippen molar-refractivity contribution in [2.75, 3.05) is 0 Å². The van der Waals surface area contributed by atoms with Crippen LogP contribution in [0.2, 0.25) is 0 Å². The zero-order valence-electron chi connectivity index (χ0n) is 13.8. The molecule has 0 spiro atoms. The number of hydrogen-bond donors (Lipinski definition) is 0. The summed E-state index contributed by atoms with van der Waals surface area (Å²) in [6.07, 6.45) is 4.64. The Labute approximate surface area is 146 Å². The van der Waals surface area contributed by atoms with Crippen molar-refractivity contribution in [1.82, 2.24) is 9.97 Å². The second-order valence-corrected chi connectivity index (χ2v) is 6.50. The van der Waals surface area contributed by atoms with E-state index in [4.69, 9.17) is 9.98 Å². The van der Waals surface area contributed by atoms with E-state index in [1.807, 2.05) is 30.5 Å². The first kappa shape index (κ1) is 14.3. The lowest BCUT2D eigenvalue weighted by Crippen LogP contribution is -2.02. The number of rotatable bonds is 3. The van der Waals surface area contributed by atoms with E-state index in [2.05, 4.69) is 41.4 Å². The molecule has 2 heterocycles. The number of nitrogens with zero attached hydrogens (tertiary/aromatic N) is 3. The third kappa shape index (κ3) is 2.58. The number of fused-ring (bicyclic) bond motifs is 4. The molecule has 1 aliphatic heterocycles. The molecule has 120 valence electrons. The van der Waals surface area contributed by atoms with Crippen molar-refractivity contribution < 1.29 is 0 Å². The average Bonchev–Trinajstić information content (AvgIpc) is 3.10. The Bertz CT molecular complexity index is 1130. The maximum atomic E-state index is 4.93. The fourth-order valence-corrected chi connectivity index (χ4v) is 3.53. The number of hydrogen-bond acceptors (Lipinski definition) is 3. The molecule has 4 aromatic rings. The first-order valence-corrected chi connectivity index (χ1v) is 8.64. The number of aryl methyl sites for hydroxylation is 1. The Hall–Kier alpha value is -3.07. The molecule has 0 saturated carbocycles. The van der Waals surface area contributed by atoms with Gasteiger partial charge in [-0.3, -0.25) is 9.98 Å². The van der Waals surface area contributed by atoms with Gasteiger partial charge in [-0.25, -0.2) is 4.98 Å². The van der Waals surface area contributed by atoms with E-state index in [-0.39, 0.29) is 0 Å². The highest BCUT2D eigenvalue weighted by Crippen LogP contribution is 2.35. The first-order chi connectivity index (χ1) is 12.4. The minimum absolute atomic E-state index is 0.878. The van der Waals surface area contributed by atoms with Gasteiger partial charge in [-0.1, -0.05) is 48.5 Å². The van der Waals surface area contributed by atoms with E-state index in [0.717, 1.165) is 41.7 Å². The van der Waals surface area contributed by atoms with Gasteiger partial charge in [-0.15, -0.1) is 0 Å². The molecule has 0 amide bonds. The molecule has 3 heteroatoms. The van der Waals surface area contributed by atoms with E-state index in [1.54, 1.807) is 0 Å². The van der Waals surface area contributed by atoms with Crippen LogP contribution in [0.5, 0.6) is 0 Å². The van der Waals surface area contributed by atoms with Crippen LogP contribution in [0.3, 0.4) is 0 Å². The van der Waals surface area contributed by atoms with Crippen molar-refractivity contribution in [2.24, 2.45) is 4.99 Å². The number of benzene rings is 3. The van der Waals surface area contributed by atoms with Crippen LogP contribution in [0.1, 0.15) is 17.7 Å². The zero-order valence-corrected chi connectivity index (χ0v) is 13.8. The number of aliphatic imine (C=N–C) groups is 1. The molecule has 0 bridgehead atoms. The quantitative estimate of drug-likeness (QED) is 0.529. The number of aromatic nitrogens is 2. The number of para-hydroxylation sites is 2. The van der Waals surface area contributed by atoms with Crippen LogP contribution in [-0.2, 0) is 12.8 Å². The SMILES string of the molecule is c1ccc2c3c(ccc2c1)CC(CCc1cnc2ccccc2n1)=N3. The molecule has 1 aromatic heterocycles. The first-order valence-electron chi connectivity index (χ1n) is 8.64. The lowest BCUT2D eigenvalue weighted by atomic mass is 10.0. The van der Waals surface area contributed by atoms with Crippen LogP contribution in [0.4, 0.5) is 5.69 Å². The molecular weight excluding hydrogens is 306 g/mol. The van der Waals surface area contributed by atoms with Crippen molar-refractivity contribution in [3.8, 4) is 0 Å². The highest BCUT2D eigenvalue weighted by Gasteiger charge is 2.17. The second-order valence-electron chi connectivity index (χ2n) is 6.50. The summed E-state index contributed by atoms with van der Waals surface area (Å²) in [5.41, 5.74) is 6.66. The lowest BCUT2D eigenvalue weighted by molar-refractivity contribution is 0.959. The molecule has 0 saturated heterocycles. The van der Waals surface area contributed by atoms with Gasteiger partial charge >= 0.3 is 0 Å². The van der Waals surface area contributed by atoms with Crippen LogP contribution in [0.25, 0.3) is 21.8 Å². The maximum Gasteiger partial charge on any atom is 0.0890 e. The van der Waals surface area contributed by atoms with Crippen LogP contribution in [0.15, 0.2) is 71.9 Å². The van der Waals surface area contributed by atoms with E-state index < -0.39 is 0 Å². The van der Waals surface area contributed by atoms with Crippen LogP contribution in [0, 0.1) is 0 Å². The van der Waals surface area contributed by atoms with Crippen LogP contribution in [-0.4, -0.2) is 15.7 Å². The fraction of sp³-hybridized carbons (Fsp3) is 0.136. The van der Waals surface area contributed by atoms with Gasteiger partial charge in [0.05, 0.1) is 22.4 Å². The topological polar surface area (TPSA) is 38.1 Å². The summed E-state index contributed by atoms with van der Waals surface area (Å²) < 4.78 is 0. The largest absolute Gasteiger partial charge is 0.257 e. The highest BCUT2D eigenvalue weighted by atomic mass is 14.8. The Kier molecular flexibility index (Phi) is 3.30. The molecule has 3 nitrogen and oxygen atoms in total. The Morgan fingerprint density at radius 2 is 1.64 bits per heavy atom. The predicted molar refractivity (Wildman–Crippen MR) is 103 cm³/mol. The van der Waals surface area contributed by atoms with Crippen molar-refractivity contribution in [3.63, 3.8) is 0 Å². The van der Waals surface area contributed by atoms with E-state index in [1.165, 1.54) is 22.0 Å². The zero-order chi connectivity index (χ0) is 16.6. The average molecular weight is 323 g/mol. The summed E-state index contributed by atoms with van der Waals surface area (Å²) in [6.45, 7) is 0. The van der Waals surface area contributed by atoms with Gasteiger partial charge in [0.1, 0.15) is 0 Å². The van der Waals surface area contributed by atoms with Gasteiger partial charge in [0.15, 0.2) is 0 Å². The van der Waals surface area contributed by atoms with Gasteiger partial charge in [0, 0.05) is 23.7 Å². The molecule has 0 atom stereocenters. The summed E-state index contributed by atoms with van der Waals surface area (Å²) in [5, 5.41) is 2.51. The Morgan fingerprint density at radius 3 is 2.60 bits per heavy atom. The summed E-state index contributed by atoms with van der Waals surface area (Å²) in [5.74, 6) is 0. The lowest BCUT2D eigenvalue weighted by Gasteiger charge is -2.02. The summed E-state index contributed by atoms with van der Waals surface area (Å²) in [6, 6.07) is 20.9. The highest BCUT2D eigenvalue weighted by molar-refractivity contribution is 6.03. The Morgan fingerprint density at radius 1 is 0.800 bits per heavy atom. The minimum Gasteiger partial charge on any atom is -0.257 e. The van der Waals surface area contributed by atoms with Gasteiger partial charge < -0.3 is 0 Å². The third-order valence-corrected chi connectivity index (χ3v) is 4.82. The molecule has 5 rings (SSSR count). The van der Waals surface area contributed by atoms with Crippen molar-refractivity contribution >= 4 is 33.2 Å². The normalized spacial score (nSPS) is 13.2. The molecule has 0 radical (unpaired) electrons. The van der Waals surface area contributed by atoms with Crippen molar-refractivity contribution in [1.29, 1.82) is 0 Å². The van der Waals surface area contributed by atoms with Gasteiger partial charge in [0.25, 0.3) is 0 Å². The van der Waals surface area contributed by atoms with E-state index in [9.17, 15) is 0 Å². The summed E-state index contributed by atoms with van der Waals surface area (Å²) in [4.78, 5) is 14.1. The molecule has 0 aliphatic carbocycles. The predicted octanol–water partition coefficient (Wildman–Crippen LogP) is 5.04. The summed E-state index contributed by atoms with van der Waals surface area (Å²) in [7, 11) is 0. The van der Waals surface area contributed by atoms with E-state index in [0.29, 0.717) is 0 Å². The van der Waals surface area contributed by atoms with Crippen LogP contribution < -0.4 is 0 Å². The monoisotopic (exact) mass is 323 g/mol. The molecule has 0 unspecified atom stereocenters. The van der Waals surface area contributed by atoms with Crippen molar-refractivity contribution in [3.05, 3.63) is 78.1 Å². The minimum atomic E-state index is 0.878.